The number of rotatable bonds is 7. The van der Waals surface area contributed by atoms with Crippen LogP contribution in [0.3, 0.4) is 0 Å². The van der Waals surface area contributed by atoms with Crippen LogP contribution in [0.2, 0.25) is 0 Å². The van der Waals surface area contributed by atoms with Crippen molar-refractivity contribution in [2.45, 2.75) is 40.2 Å². The number of carbonyl (C=O) groups is 1. The molecular formula is C18H24N2O2S. The molecule has 0 aliphatic heterocycles. The van der Waals surface area contributed by atoms with E-state index >= 15 is 0 Å². The molecule has 2 rings (SSSR count). The van der Waals surface area contributed by atoms with Crippen molar-refractivity contribution in [3.8, 4) is 5.75 Å². The molecule has 0 fully saturated rings. The minimum atomic E-state index is 0.135. The van der Waals surface area contributed by atoms with E-state index in [2.05, 4.69) is 11.9 Å². The molecule has 1 aromatic heterocycles. The first-order valence-corrected chi connectivity index (χ1v) is 8.68. The number of benzene rings is 1. The number of hydrogen-bond acceptors (Lipinski definition) is 4. The molecule has 1 amide bonds. The Hall–Kier alpha value is -1.88. The van der Waals surface area contributed by atoms with Gasteiger partial charge in [0.05, 0.1) is 24.2 Å². The lowest BCUT2D eigenvalue weighted by molar-refractivity contribution is -0.131. The monoisotopic (exact) mass is 332 g/mol. The molecule has 0 bridgehead atoms. The van der Waals surface area contributed by atoms with Gasteiger partial charge in [-0.1, -0.05) is 19.1 Å². The van der Waals surface area contributed by atoms with Gasteiger partial charge in [-0.15, -0.1) is 11.3 Å². The summed E-state index contributed by atoms with van der Waals surface area (Å²) in [5.74, 6) is 0.965. The SMILES string of the molecule is CCCN(Cc1ccc(OC)cc1)C(=O)Cc1nc(C)sc1C. The van der Waals surface area contributed by atoms with Crippen LogP contribution < -0.4 is 4.74 Å². The van der Waals surface area contributed by atoms with E-state index in [1.807, 2.05) is 43.0 Å². The minimum absolute atomic E-state index is 0.135. The van der Waals surface area contributed by atoms with Gasteiger partial charge < -0.3 is 9.64 Å². The third-order valence-electron chi connectivity index (χ3n) is 3.70. The second-order valence-electron chi connectivity index (χ2n) is 5.58. The second-order valence-corrected chi connectivity index (χ2v) is 6.98. The Morgan fingerprint density at radius 3 is 2.48 bits per heavy atom. The molecule has 0 saturated heterocycles. The summed E-state index contributed by atoms with van der Waals surface area (Å²) in [6.07, 6.45) is 1.32. The maximum Gasteiger partial charge on any atom is 0.228 e. The summed E-state index contributed by atoms with van der Waals surface area (Å²) in [5.41, 5.74) is 2.02. The van der Waals surface area contributed by atoms with E-state index < -0.39 is 0 Å². The zero-order chi connectivity index (χ0) is 16.8. The summed E-state index contributed by atoms with van der Waals surface area (Å²) >= 11 is 1.65. The van der Waals surface area contributed by atoms with Crippen molar-refractivity contribution >= 4 is 17.2 Å². The van der Waals surface area contributed by atoms with E-state index in [1.54, 1.807) is 18.4 Å². The molecule has 0 aliphatic rings. The van der Waals surface area contributed by atoms with Gasteiger partial charge in [-0.25, -0.2) is 4.98 Å². The standard InChI is InChI=1S/C18H24N2O2S/c1-5-10-20(12-15-6-8-16(22-4)9-7-15)18(21)11-17-13(2)23-14(3)19-17/h6-9H,5,10-12H2,1-4H3. The molecule has 0 saturated carbocycles. The topological polar surface area (TPSA) is 42.4 Å². The number of methoxy groups -OCH3 is 1. The molecule has 0 spiro atoms. The zero-order valence-corrected chi connectivity index (χ0v) is 15.1. The van der Waals surface area contributed by atoms with Gasteiger partial charge in [-0.2, -0.15) is 0 Å². The average Bonchev–Trinajstić information content (AvgIpc) is 2.85. The molecule has 2 aromatic rings. The highest BCUT2D eigenvalue weighted by molar-refractivity contribution is 7.11. The minimum Gasteiger partial charge on any atom is -0.497 e. The van der Waals surface area contributed by atoms with Crippen molar-refractivity contribution in [3.63, 3.8) is 0 Å². The predicted octanol–water partition coefficient (Wildman–Crippen LogP) is 3.75. The molecule has 1 aromatic carbocycles. The predicted molar refractivity (Wildman–Crippen MR) is 94.0 cm³/mol. The highest BCUT2D eigenvalue weighted by atomic mass is 32.1. The fourth-order valence-corrected chi connectivity index (χ4v) is 3.34. The Morgan fingerprint density at radius 2 is 1.96 bits per heavy atom. The largest absolute Gasteiger partial charge is 0.497 e. The molecule has 1 heterocycles. The van der Waals surface area contributed by atoms with E-state index in [4.69, 9.17) is 4.74 Å². The van der Waals surface area contributed by atoms with Crippen LogP contribution in [0.4, 0.5) is 0 Å². The van der Waals surface area contributed by atoms with E-state index in [-0.39, 0.29) is 5.91 Å². The van der Waals surface area contributed by atoms with Crippen LogP contribution in [-0.2, 0) is 17.8 Å². The number of thiazole rings is 1. The van der Waals surface area contributed by atoms with E-state index in [0.717, 1.165) is 39.9 Å². The van der Waals surface area contributed by atoms with Gasteiger partial charge in [-0.05, 0) is 38.0 Å². The van der Waals surface area contributed by atoms with Crippen molar-refractivity contribution < 1.29 is 9.53 Å². The van der Waals surface area contributed by atoms with Crippen LogP contribution in [0.25, 0.3) is 0 Å². The number of amides is 1. The lowest BCUT2D eigenvalue weighted by atomic mass is 10.1. The number of nitrogens with zero attached hydrogens (tertiary/aromatic N) is 2. The van der Waals surface area contributed by atoms with Crippen molar-refractivity contribution in [1.29, 1.82) is 0 Å². The maximum absolute atomic E-state index is 12.7. The molecule has 0 N–H and O–H groups in total. The third kappa shape index (κ3) is 4.79. The van der Waals surface area contributed by atoms with E-state index in [9.17, 15) is 4.79 Å². The summed E-state index contributed by atoms with van der Waals surface area (Å²) in [4.78, 5) is 20.2. The molecule has 0 atom stereocenters. The molecule has 4 nitrogen and oxygen atoms in total. The van der Waals surface area contributed by atoms with Crippen LogP contribution in [0.5, 0.6) is 5.75 Å². The Kier molecular flexibility index (Phi) is 6.16. The summed E-state index contributed by atoms with van der Waals surface area (Å²) in [6, 6.07) is 7.87. The fourth-order valence-electron chi connectivity index (χ4n) is 2.50. The first-order chi connectivity index (χ1) is 11.0. The van der Waals surface area contributed by atoms with E-state index in [1.165, 1.54) is 0 Å². The molecule has 0 radical (unpaired) electrons. The number of carbonyl (C=O) groups excluding carboxylic acids is 1. The Morgan fingerprint density at radius 1 is 1.26 bits per heavy atom. The normalized spacial score (nSPS) is 10.6. The van der Waals surface area contributed by atoms with Crippen molar-refractivity contribution in [2.24, 2.45) is 0 Å². The van der Waals surface area contributed by atoms with Crippen LogP contribution in [-0.4, -0.2) is 29.4 Å². The summed E-state index contributed by atoms with van der Waals surface area (Å²) in [5, 5.41) is 1.02. The van der Waals surface area contributed by atoms with E-state index in [0.29, 0.717) is 13.0 Å². The molecule has 5 heteroatoms. The van der Waals surface area contributed by atoms with Gasteiger partial charge in [0, 0.05) is 18.0 Å². The average molecular weight is 332 g/mol. The highest BCUT2D eigenvalue weighted by Crippen LogP contribution is 2.18. The molecule has 23 heavy (non-hydrogen) atoms. The van der Waals surface area contributed by atoms with Gasteiger partial charge >= 0.3 is 0 Å². The number of aromatic nitrogens is 1. The summed E-state index contributed by atoms with van der Waals surface area (Å²) in [7, 11) is 1.65. The lowest BCUT2D eigenvalue weighted by Crippen LogP contribution is -2.32. The number of hydrogen-bond donors (Lipinski definition) is 0. The van der Waals surface area contributed by atoms with Gasteiger partial charge in [0.15, 0.2) is 0 Å². The smallest absolute Gasteiger partial charge is 0.228 e. The van der Waals surface area contributed by atoms with Crippen molar-refractivity contribution in [2.75, 3.05) is 13.7 Å². The Labute approximate surface area is 142 Å². The molecule has 0 unspecified atom stereocenters. The second kappa shape index (κ2) is 8.11. The van der Waals surface area contributed by atoms with Crippen LogP contribution in [0.15, 0.2) is 24.3 Å². The van der Waals surface area contributed by atoms with Crippen LogP contribution >= 0.6 is 11.3 Å². The fraction of sp³-hybridized carbons (Fsp3) is 0.444. The Bertz CT molecular complexity index is 650. The van der Waals surface area contributed by atoms with Crippen molar-refractivity contribution in [1.82, 2.24) is 9.88 Å². The van der Waals surface area contributed by atoms with Gasteiger partial charge in [0.1, 0.15) is 5.75 Å². The molecule has 124 valence electrons. The zero-order valence-electron chi connectivity index (χ0n) is 14.3. The van der Waals surface area contributed by atoms with Crippen molar-refractivity contribution in [3.05, 3.63) is 45.4 Å². The first-order valence-electron chi connectivity index (χ1n) is 7.87. The summed E-state index contributed by atoms with van der Waals surface area (Å²) < 4.78 is 5.18. The van der Waals surface area contributed by atoms with Gasteiger partial charge in [0.25, 0.3) is 0 Å². The summed E-state index contributed by atoms with van der Waals surface area (Å²) in [6.45, 7) is 7.48. The molecular weight excluding hydrogens is 308 g/mol. The number of ether oxygens (including phenoxy) is 1. The first kappa shape index (κ1) is 17.5. The molecule has 0 aliphatic carbocycles. The van der Waals surface area contributed by atoms with Crippen LogP contribution in [0.1, 0.15) is 34.5 Å². The van der Waals surface area contributed by atoms with Gasteiger partial charge in [0.2, 0.25) is 5.91 Å². The Balaban J connectivity index is 2.06. The quantitative estimate of drug-likeness (QED) is 0.775. The maximum atomic E-state index is 12.7. The third-order valence-corrected chi connectivity index (χ3v) is 4.63. The van der Waals surface area contributed by atoms with Gasteiger partial charge in [-0.3, -0.25) is 4.79 Å². The lowest BCUT2D eigenvalue weighted by Gasteiger charge is -2.22. The highest BCUT2D eigenvalue weighted by Gasteiger charge is 2.17. The number of aryl methyl sites for hydroxylation is 2. The van der Waals surface area contributed by atoms with Crippen LogP contribution in [0, 0.1) is 13.8 Å².